The molecule has 1 aromatic carbocycles. The van der Waals surface area contributed by atoms with E-state index in [0.717, 1.165) is 28.7 Å². The summed E-state index contributed by atoms with van der Waals surface area (Å²) in [7, 11) is 1.65. The van der Waals surface area contributed by atoms with Crippen molar-refractivity contribution in [3.05, 3.63) is 35.7 Å². The first kappa shape index (κ1) is 13.6. The lowest BCUT2D eigenvalue weighted by atomic mass is 10.2. The Morgan fingerprint density at radius 1 is 1.37 bits per heavy atom. The second kappa shape index (κ2) is 6.38. The topological polar surface area (TPSA) is 52.3 Å². The predicted octanol–water partition coefficient (Wildman–Crippen LogP) is 2.45. The Balaban J connectivity index is 2.34. The van der Waals surface area contributed by atoms with Gasteiger partial charge in [-0.05, 0) is 18.4 Å². The molecule has 2 aromatic rings. The maximum absolute atomic E-state index is 5.29. The summed E-state index contributed by atoms with van der Waals surface area (Å²) in [6.07, 6.45) is 4.51. The van der Waals surface area contributed by atoms with Gasteiger partial charge >= 0.3 is 0 Å². The van der Waals surface area contributed by atoms with Gasteiger partial charge in [-0.15, -0.1) is 10.2 Å². The highest BCUT2D eigenvalue weighted by atomic mass is 32.2. The molecule has 0 aliphatic rings. The first-order valence-electron chi connectivity index (χ1n) is 5.95. The van der Waals surface area contributed by atoms with Crippen molar-refractivity contribution in [2.75, 3.05) is 13.4 Å². The molecule has 0 saturated heterocycles. The van der Waals surface area contributed by atoms with Gasteiger partial charge in [0, 0.05) is 12.0 Å². The number of hydrogen-bond acceptors (Lipinski definition) is 5. The van der Waals surface area contributed by atoms with E-state index in [9.17, 15) is 0 Å². The fourth-order valence-corrected chi connectivity index (χ4v) is 2.10. The maximum Gasteiger partial charge on any atom is 0.211 e. The average Bonchev–Trinajstić information content (AvgIpc) is 2.87. The Hall–Kier alpha value is -1.82. The van der Waals surface area contributed by atoms with E-state index < -0.39 is 0 Å². The van der Waals surface area contributed by atoms with Crippen LogP contribution in [0, 0.1) is 0 Å². The smallest absolute Gasteiger partial charge is 0.211 e. The molecule has 0 fully saturated rings. The molecule has 0 unspecified atom stereocenters. The van der Waals surface area contributed by atoms with Crippen molar-refractivity contribution in [1.29, 1.82) is 0 Å². The molecular formula is C13H16N4OS. The molecule has 0 aliphatic carbocycles. The Kier molecular flexibility index (Phi) is 4.57. The van der Waals surface area contributed by atoms with Crippen molar-refractivity contribution >= 4 is 18.0 Å². The lowest BCUT2D eigenvalue weighted by Gasteiger charge is -2.04. The Bertz CT molecular complexity index is 558. The zero-order valence-corrected chi connectivity index (χ0v) is 12.0. The molecular weight excluding hydrogens is 260 g/mol. The minimum absolute atomic E-state index is 0.781. The molecule has 0 atom stereocenters. The molecule has 0 N–H and O–H groups in total. The number of methoxy groups -OCH3 is 1. The zero-order valence-electron chi connectivity index (χ0n) is 11.2. The largest absolute Gasteiger partial charge is 0.496 e. The van der Waals surface area contributed by atoms with E-state index in [1.807, 2.05) is 37.4 Å². The van der Waals surface area contributed by atoms with Crippen molar-refractivity contribution in [2.24, 2.45) is 5.10 Å². The van der Waals surface area contributed by atoms with E-state index in [1.54, 1.807) is 18.0 Å². The monoisotopic (exact) mass is 276 g/mol. The second-order valence-electron chi connectivity index (χ2n) is 3.75. The molecule has 0 amide bonds. The predicted molar refractivity (Wildman–Crippen MR) is 77.2 cm³/mol. The molecule has 0 spiro atoms. The van der Waals surface area contributed by atoms with Crippen LogP contribution in [0.4, 0.5) is 0 Å². The van der Waals surface area contributed by atoms with E-state index >= 15 is 0 Å². The minimum Gasteiger partial charge on any atom is -0.496 e. The molecule has 2 rings (SSSR count). The lowest BCUT2D eigenvalue weighted by Crippen LogP contribution is -1.99. The zero-order chi connectivity index (χ0) is 13.7. The SMILES string of the molecule is CCc1nnc(SC)n1/N=C\c1ccccc1OC. The Labute approximate surface area is 116 Å². The molecule has 19 heavy (non-hydrogen) atoms. The van der Waals surface area contributed by atoms with Crippen LogP contribution in [0.5, 0.6) is 5.75 Å². The van der Waals surface area contributed by atoms with Crippen molar-refractivity contribution in [3.8, 4) is 5.75 Å². The number of para-hydroxylation sites is 1. The van der Waals surface area contributed by atoms with Gasteiger partial charge in [-0.3, -0.25) is 0 Å². The number of nitrogens with zero attached hydrogens (tertiary/aromatic N) is 4. The van der Waals surface area contributed by atoms with Gasteiger partial charge in [0.25, 0.3) is 0 Å². The van der Waals surface area contributed by atoms with Crippen LogP contribution in [0.2, 0.25) is 0 Å². The molecule has 0 radical (unpaired) electrons. The van der Waals surface area contributed by atoms with Crippen LogP contribution in [0.25, 0.3) is 0 Å². The van der Waals surface area contributed by atoms with Gasteiger partial charge < -0.3 is 4.74 Å². The molecule has 1 aromatic heterocycles. The normalized spacial score (nSPS) is 11.1. The third-order valence-corrected chi connectivity index (χ3v) is 3.25. The van der Waals surface area contributed by atoms with Gasteiger partial charge in [0.05, 0.1) is 13.3 Å². The number of aryl methyl sites for hydroxylation is 1. The van der Waals surface area contributed by atoms with Crippen molar-refractivity contribution in [3.63, 3.8) is 0 Å². The van der Waals surface area contributed by atoms with Gasteiger partial charge in [-0.25, -0.2) is 0 Å². The van der Waals surface area contributed by atoms with E-state index in [2.05, 4.69) is 15.3 Å². The number of aromatic nitrogens is 3. The van der Waals surface area contributed by atoms with Crippen molar-refractivity contribution in [2.45, 2.75) is 18.5 Å². The number of ether oxygens (including phenoxy) is 1. The fraction of sp³-hybridized carbons (Fsp3) is 0.308. The van der Waals surface area contributed by atoms with Crippen LogP contribution in [-0.2, 0) is 6.42 Å². The molecule has 100 valence electrons. The van der Waals surface area contributed by atoms with Crippen LogP contribution in [0.1, 0.15) is 18.3 Å². The van der Waals surface area contributed by atoms with E-state index in [-0.39, 0.29) is 0 Å². The maximum atomic E-state index is 5.29. The van der Waals surface area contributed by atoms with Gasteiger partial charge in [-0.1, -0.05) is 30.8 Å². The molecule has 0 saturated carbocycles. The highest BCUT2D eigenvalue weighted by Crippen LogP contribution is 2.17. The lowest BCUT2D eigenvalue weighted by molar-refractivity contribution is 0.414. The summed E-state index contributed by atoms with van der Waals surface area (Å²) in [6.45, 7) is 2.03. The molecule has 5 nitrogen and oxygen atoms in total. The summed E-state index contributed by atoms with van der Waals surface area (Å²) in [6, 6.07) is 7.74. The summed E-state index contributed by atoms with van der Waals surface area (Å²) < 4.78 is 7.05. The molecule has 6 heteroatoms. The van der Waals surface area contributed by atoms with E-state index in [4.69, 9.17) is 4.74 Å². The van der Waals surface area contributed by atoms with Crippen LogP contribution >= 0.6 is 11.8 Å². The van der Waals surface area contributed by atoms with Gasteiger partial charge in [-0.2, -0.15) is 9.78 Å². The highest BCUT2D eigenvalue weighted by molar-refractivity contribution is 7.98. The molecule has 0 aliphatic heterocycles. The fourth-order valence-electron chi connectivity index (χ4n) is 1.65. The number of rotatable bonds is 5. The van der Waals surface area contributed by atoms with Gasteiger partial charge in [0.2, 0.25) is 5.16 Å². The number of hydrogen-bond donors (Lipinski definition) is 0. The average molecular weight is 276 g/mol. The van der Waals surface area contributed by atoms with Crippen LogP contribution < -0.4 is 4.74 Å². The summed E-state index contributed by atoms with van der Waals surface area (Å²) in [5.74, 6) is 1.64. The van der Waals surface area contributed by atoms with Crippen molar-refractivity contribution in [1.82, 2.24) is 14.9 Å². The molecule has 0 bridgehead atoms. The molecule has 1 heterocycles. The third kappa shape index (κ3) is 2.96. The third-order valence-electron chi connectivity index (χ3n) is 2.63. The summed E-state index contributed by atoms with van der Waals surface area (Å²) in [5.41, 5.74) is 0.924. The van der Waals surface area contributed by atoms with Crippen LogP contribution in [0.15, 0.2) is 34.5 Å². The number of thioether (sulfide) groups is 1. The van der Waals surface area contributed by atoms with Crippen molar-refractivity contribution < 1.29 is 4.74 Å². The summed E-state index contributed by atoms with van der Waals surface area (Å²) in [5, 5.41) is 13.4. The highest BCUT2D eigenvalue weighted by Gasteiger charge is 2.08. The second-order valence-corrected chi connectivity index (χ2v) is 4.53. The summed E-state index contributed by atoms with van der Waals surface area (Å²) >= 11 is 1.52. The quantitative estimate of drug-likeness (QED) is 0.622. The van der Waals surface area contributed by atoms with Gasteiger partial charge in [0.15, 0.2) is 5.82 Å². The Morgan fingerprint density at radius 3 is 2.84 bits per heavy atom. The van der Waals surface area contributed by atoms with Crippen LogP contribution in [0.3, 0.4) is 0 Å². The first-order chi connectivity index (χ1) is 9.30. The standard InChI is InChI=1S/C13H16N4OS/c1-4-12-15-16-13(19-3)17(12)14-9-10-7-5-6-8-11(10)18-2/h5-9H,4H2,1-3H3/b14-9-. The number of benzene rings is 1. The van der Waals surface area contributed by atoms with E-state index in [0.29, 0.717) is 0 Å². The van der Waals surface area contributed by atoms with Crippen LogP contribution in [-0.4, -0.2) is 34.5 Å². The first-order valence-corrected chi connectivity index (χ1v) is 7.18. The minimum atomic E-state index is 0.781. The van der Waals surface area contributed by atoms with Gasteiger partial charge in [0.1, 0.15) is 5.75 Å². The van der Waals surface area contributed by atoms with E-state index in [1.165, 1.54) is 11.8 Å². The Morgan fingerprint density at radius 2 is 2.16 bits per heavy atom. The summed E-state index contributed by atoms with van der Waals surface area (Å²) in [4.78, 5) is 0.